The van der Waals surface area contributed by atoms with Gasteiger partial charge in [0.05, 0.1) is 18.9 Å². The van der Waals surface area contributed by atoms with Gasteiger partial charge in [0.1, 0.15) is 12.4 Å². The number of anilines is 4. The number of nitrogens with one attached hydrogen (secondary N) is 2. The van der Waals surface area contributed by atoms with E-state index in [0.29, 0.717) is 41.8 Å². The van der Waals surface area contributed by atoms with Crippen LogP contribution in [0.4, 0.5) is 23.1 Å². The number of nitrogens with zero attached hydrogens (tertiary/aromatic N) is 3. The fourth-order valence-corrected chi connectivity index (χ4v) is 3.64. The van der Waals surface area contributed by atoms with Gasteiger partial charge in [0.25, 0.3) is 5.91 Å². The molecule has 33 heavy (non-hydrogen) atoms. The van der Waals surface area contributed by atoms with Gasteiger partial charge in [-0.3, -0.25) is 4.79 Å². The lowest BCUT2D eigenvalue weighted by Crippen LogP contribution is -2.21. The number of nitrogens with two attached hydrogens (primary N) is 1. The van der Waals surface area contributed by atoms with Crippen LogP contribution in [-0.4, -0.2) is 49.2 Å². The van der Waals surface area contributed by atoms with Crippen LogP contribution in [0.2, 0.25) is 0 Å². The molecule has 0 saturated carbocycles. The SMILES string of the molecule is COc1ccccc1C(=O)Nc1ccc(Nc2ncc(OCCN)c(N3CCCC3)n2)cc1. The average Bonchev–Trinajstić information content (AvgIpc) is 3.39. The monoisotopic (exact) mass is 448 g/mol. The Labute approximate surface area is 192 Å². The third kappa shape index (κ3) is 5.50. The molecule has 1 aliphatic rings. The molecule has 4 N–H and O–H groups in total. The predicted molar refractivity (Wildman–Crippen MR) is 129 cm³/mol. The Kier molecular flexibility index (Phi) is 7.21. The van der Waals surface area contributed by atoms with Crippen molar-refractivity contribution in [3.8, 4) is 11.5 Å². The first kappa shape index (κ1) is 22.3. The minimum absolute atomic E-state index is 0.236. The van der Waals surface area contributed by atoms with E-state index in [1.807, 2.05) is 30.3 Å². The topological polar surface area (TPSA) is 115 Å². The number of ether oxygens (including phenoxy) is 2. The van der Waals surface area contributed by atoms with Gasteiger partial charge in [-0.25, -0.2) is 4.98 Å². The molecule has 9 nitrogen and oxygen atoms in total. The highest BCUT2D eigenvalue weighted by atomic mass is 16.5. The van der Waals surface area contributed by atoms with Gasteiger partial charge in [-0.2, -0.15) is 4.98 Å². The lowest BCUT2D eigenvalue weighted by Gasteiger charge is -2.20. The summed E-state index contributed by atoms with van der Waals surface area (Å²) in [6.07, 6.45) is 3.94. The Bertz CT molecular complexity index is 1080. The average molecular weight is 449 g/mol. The van der Waals surface area contributed by atoms with Crippen LogP contribution in [0.3, 0.4) is 0 Å². The number of aromatic nitrogens is 2. The van der Waals surface area contributed by atoms with Crippen molar-refractivity contribution in [3.05, 3.63) is 60.3 Å². The molecule has 2 aromatic carbocycles. The highest BCUT2D eigenvalue weighted by molar-refractivity contribution is 6.06. The molecule has 0 radical (unpaired) electrons. The fraction of sp³-hybridized carbons (Fsp3) is 0.292. The summed E-state index contributed by atoms with van der Waals surface area (Å²) in [5.41, 5.74) is 7.52. The maximum atomic E-state index is 12.6. The maximum absolute atomic E-state index is 12.6. The second-order valence-electron chi connectivity index (χ2n) is 7.57. The van der Waals surface area contributed by atoms with Crippen molar-refractivity contribution in [2.24, 2.45) is 5.73 Å². The van der Waals surface area contributed by atoms with E-state index in [9.17, 15) is 4.79 Å². The summed E-state index contributed by atoms with van der Waals surface area (Å²) in [6.45, 7) is 2.73. The van der Waals surface area contributed by atoms with Crippen molar-refractivity contribution in [1.82, 2.24) is 9.97 Å². The Hall–Kier alpha value is -3.85. The molecule has 9 heteroatoms. The van der Waals surface area contributed by atoms with Crippen molar-refractivity contribution in [2.75, 3.05) is 48.9 Å². The number of carbonyl (C=O) groups is 1. The summed E-state index contributed by atoms with van der Waals surface area (Å²) < 4.78 is 11.0. The van der Waals surface area contributed by atoms with Gasteiger partial charge >= 0.3 is 0 Å². The summed E-state index contributed by atoms with van der Waals surface area (Å²) in [4.78, 5) is 23.9. The molecule has 0 bridgehead atoms. The molecule has 2 heterocycles. The van der Waals surface area contributed by atoms with Crippen LogP contribution >= 0.6 is 0 Å². The van der Waals surface area contributed by atoms with Crippen LogP contribution in [-0.2, 0) is 0 Å². The standard InChI is InChI=1S/C24H28N6O3/c1-32-20-7-3-2-6-19(20)23(31)27-17-8-10-18(11-9-17)28-24-26-16-21(33-15-12-25)22(29-24)30-13-4-5-14-30/h2-3,6-11,16H,4-5,12-15,25H2,1H3,(H,27,31)(H,26,28,29). The molecular formula is C24H28N6O3. The van der Waals surface area contributed by atoms with Gasteiger partial charge in [-0.1, -0.05) is 12.1 Å². The van der Waals surface area contributed by atoms with E-state index >= 15 is 0 Å². The van der Waals surface area contributed by atoms with Crippen molar-refractivity contribution >= 4 is 29.0 Å². The number of hydrogen-bond acceptors (Lipinski definition) is 8. The molecule has 1 aromatic heterocycles. The van der Waals surface area contributed by atoms with Gasteiger partial charge in [0.2, 0.25) is 5.95 Å². The summed E-state index contributed by atoms with van der Waals surface area (Å²) in [6, 6.07) is 14.4. The first-order chi connectivity index (χ1) is 16.2. The van der Waals surface area contributed by atoms with Crippen LogP contribution in [0.1, 0.15) is 23.2 Å². The van der Waals surface area contributed by atoms with E-state index in [4.69, 9.17) is 15.2 Å². The Balaban J connectivity index is 1.45. The summed E-state index contributed by atoms with van der Waals surface area (Å²) in [5, 5.41) is 6.11. The van der Waals surface area contributed by atoms with Crippen LogP contribution in [0, 0.1) is 0 Å². The van der Waals surface area contributed by atoms with E-state index in [2.05, 4.69) is 25.5 Å². The van der Waals surface area contributed by atoms with Crippen LogP contribution in [0.15, 0.2) is 54.7 Å². The van der Waals surface area contributed by atoms with E-state index in [0.717, 1.165) is 37.4 Å². The number of hydrogen-bond donors (Lipinski definition) is 3. The molecule has 1 saturated heterocycles. The minimum Gasteiger partial charge on any atom is -0.496 e. The maximum Gasteiger partial charge on any atom is 0.259 e. The first-order valence-electron chi connectivity index (χ1n) is 10.9. The molecule has 1 aliphatic heterocycles. The molecule has 172 valence electrons. The highest BCUT2D eigenvalue weighted by Crippen LogP contribution is 2.30. The summed E-state index contributed by atoms with van der Waals surface area (Å²) >= 11 is 0. The van der Waals surface area contributed by atoms with E-state index in [-0.39, 0.29) is 5.91 Å². The van der Waals surface area contributed by atoms with Crippen LogP contribution in [0.5, 0.6) is 11.5 Å². The van der Waals surface area contributed by atoms with Gasteiger partial charge in [0.15, 0.2) is 11.6 Å². The Morgan fingerprint density at radius 2 is 1.79 bits per heavy atom. The molecule has 0 unspecified atom stereocenters. The fourth-order valence-electron chi connectivity index (χ4n) is 3.64. The Morgan fingerprint density at radius 1 is 1.06 bits per heavy atom. The van der Waals surface area contributed by atoms with Crippen molar-refractivity contribution in [2.45, 2.75) is 12.8 Å². The van der Waals surface area contributed by atoms with E-state index in [1.54, 1.807) is 31.5 Å². The number of methoxy groups -OCH3 is 1. The van der Waals surface area contributed by atoms with Crippen molar-refractivity contribution < 1.29 is 14.3 Å². The highest BCUT2D eigenvalue weighted by Gasteiger charge is 2.20. The molecule has 0 spiro atoms. The Morgan fingerprint density at radius 3 is 2.52 bits per heavy atom. The smallest absolute Gasteiger partial charge is 0.259 e. The summed E-state index contributed by atoms with van der Waals surface area (Å²) in [5.74, 6) is 2.18. The second kappa shape index (κ2) is 10.6. The van der Waals surface area contributed by atoms with Crippen molar-refractivity contribution in [1.29, 1.82) is 0 Å². The van der Waals surface area contributed by atoms with Gasteiger partial charge in [-0.05, 0) is 49.2 Å². The minimum atomic E-state index is -0.236. The van der Waals surface area contributed by atoms with Gasteiger partial charge in [-0.15, -0.1) is 0 Å². The quantitative estimate of drug-likeness (QED) is 0.456. The summed E-state index contributed by atoms with van der Waals surface area (Å²) in [7, 11) is 1.54. The zero-order valence-corrected chi connectivity index (χ0v) is 18.6. The number of para-hydroxylation sites is 1. The molecule has 4 rings (SSSR count). The molecule has 1 fully saturated rings. The van der Waals surface area contributed by atoms with Crippen LogP contribution < -0.4 is 30.7 Å². The van der Waals surface area contributed by atoms with Gasteiger partial charge < -0.3 is 30.7 Å². The number of rotatable bonds is 9. The normalized spacial score (nSPS) is 13.0. The number of carbonyl (C=O) groups excluding carboxylic acids is 1. The van der Waals surface area contributed by atoms with Gasteiger partial charge in [0, 0.05) is 31.0 Å². The van der Waals surface area contributed by atoms with E-state index in [1.165, 1.54) is 0 Å². The molecular weight excluding hydrogens is 420 g/mol. The van der Waals surface area contributed by atoms with E-state index < -0.39 is 0 Å². The second-order valence-corrected chi connectivity index (χ2v) is 7.57. The number of benzene rings is 2. The lowest BCUT2D eigenvalue weighted by atomic mass is 10.2. The van der Waals surface area contributed by atoms with Crippen molar-refractivity contribution in [3.63, 3.8) is 0 Å². The zero-order chi connectivity index (χ0) is 23.0. The predicted octanol–water partition coefficient (Wildman–Crippen LogP) is 3.42. The molecule has 0 aliphatic carbocycles. The molecule has 3 aromatic rings. The molecule has 1 amide bonds. The lowest BCUT2D eigenvalue weighted by molar-refractivity contribution is 0.102. The van der Waals surface area contributed by atoms with Crippen LogP contribution in [0.25, 0.3) is 0 Å². The zero-order valence-electron chi connectivity index (χ0n) is 18.6. The first-order valence-corrected chi connectivity index (χ1v) is 10.9. The number of amides is 1. The third-order valence-corrected chi connectivity index (χ3v) is 5.27. The largest absolute Gasteiger partial charge is 0.496 e. The third-order valence-electron chi connectivity index (χ3n) is 5.27. The molecule has 0 atom stereocenters.